The number of carbonyl (C=O) groups excluding carboxylic acids is 2. The summed E-state index contributed by atoms with van der Waals surface area (Å²) in [6.07, 6.45) is 1.74. The van der Waals surface area contributed by atoms with E-state index in [2.05, 4.69) is 10.9 Å². The third-order valence-corrected chi connectivity index (χ3v) is 3.09. The van der Waals surface area contributed by atoms with Crippen molar-refractivity contribution in [2.75, 3.05) is 19.0 Å². The Labute approximate surface area is 120 Å². The number of hydrogen-bond donors (Lipinski definition) is 2. The van der Waals surface area contributed by atoms with Gasteiger partial charge in [-0.1, -0.05) is 26.3 Å². The Balaban J connectivity index is 2.59. The quantitative estimate of drug-likeness (QED) is 0.809. The first-order valence-corrected chi connectivity index (χ1v) is 6.83. The van der Waals surface area contributed by atoms with Crippen LogP contribution in [0.1, 0.15) is 37.0 Å². The lowest BCUT2D eigenvalue weighted by Crippen LogP contribution is -2.44. The largest absolute Gasteiger partial charge is 0.378 e. The van der Waals surface area contributed by atoms with Gasteiger partial charge in [-0.3, -0.25) is 20.4 Å². The maximum Gasteiger partial charge on any atom is 0.269 e. The lowest BCUT2D eigenvalue weighted by Gasteiger charge is -2.14. The Kier molecular flexibility index (Phi) is 6.03. The highest BCUT2D eigenvalue weighted by Crippen LogP contribution is 2.13. The SMILES string of the molecule is CCCC(C)C(=O)NNC(=O)c1cccc(N(C)C)c1. The van der Waals surface area contributed by atoms with E-state index >= 15 is 0 Å². The highest BCUT2D eigenvalue weighted by atomic mass is 16.2. The number of carbonyl (C=O) groups is 2. The molecule has 0 saturated carbocycles. The second-order valence-corrected chi connectivity index (χ2v) is 5.08. The summed E-state index contributed by atoms with van der Waals surface area (Å²) >= 11 is 0. The Hall–Kier alpha value is -2.04. The molecule has 0 aliphatic rings. The average Bonchev–Trinajstić information content (AvgIpc) is 2.44. The maximum absolute atomic E-state index is 12.0. The highest BCUT2D eigenvalue weighted by molar-refractivity contribution is 5.96. The molecule has 0 spiro atoms. The standard InChI is InChI=1S/C15H23N3O2/c1-5-7-11(2)14(19)16-17-15(20)12-8-6-9-13(10-12)18(3)4/h6,8-11H,5,7H2,1-4H3,(H,16,19)(H,17,20). The number of nitrogens with zero attached hydrogens (tertiary/aromatic N) is 1. The minimum absolute atomic E-state index is 0.103. The van der Waals surface area contributed by atoms with Crippen LogP contribution in [-0.4, -0.2) is 25.9 Å². The van der Waals surface area contributed by atoms with Crippen LogP contribution in [0, 0.1) is 5.92 Å². The van der Waals surface area contributed by atoms with Crippen LogP contribution in [0.2, 0.25) is 0 Å². The summed E-state index contributed by atoms with van der Waals surface area (Å²) in [6, 6.07) is 7.21. The van der Waals surface area contributed by atoms with Crippen LogP contribution < -0.4 is 15.8 Å². The minimum Gasteiger partial charge on any atom is -0.378 e. The first-order chi connectivity index (χ1) is 9.45. The number of benzene rings is 1. The van der Waals surface area contributed by atoms with Crippen molar-refractivity contribution in [3.63, 3.8) is 0 Å². The van der Waals surface area contributed by atoms with E-state index in [0.29, 0.717) is 5.56 Å². The van der Waals surface area contributed by atoms with Gasteiger partial charge in [-0.15, -0.1) is 0 Å². The van der Waals surface area contributed by atoms with E-state index in [1.807, 2.05) is 45.0 Å². The van der Waals surface area contributed by atoms with Crippen molar-refractivity contribution in [1.82, 2.24) is 10.9 Å². The van der Waals surface area contributed by atoms with Crippen molar-refractivity contribution in [3.8, 4) is 0 Å². The van der Waals surface area contributed by atoms with Gasteiger partial charge in [0.05, 0.1) is 0 Å². The second kappa shape index (κ2) is 7.53. The molecule has 0 aliphatic heterocycles. The second-order valence-electron chi connectivity index (χ2n) is 5.08. The third kappa shape index (κ3) is 4.57. The Morgan fingerprint density at radius 2 is 1.95 bits per heavy atom. The fraction of sp³-hybridized carbons (Fsp3) is 0.467. The molecule has 0 radical (unpaired) electrons. The van der Waals surface area contributed by atoms with E-state index in [-0.39, 0.29) is 17.7 Å². The van der Waals surface area contributed by atoms with Crippen LogP contribution in [0.5, 0.6) is 0 Å². The Morgan fingerprint density at radius 3 is 2.55 bits per heavy atom. The number of hydrogen-bond acceptors (Lipinski definition) is 3. The molecule has 0 fully saturated rings. The van der Waals surface area contributed by atoms with E-state index in [9.17, 15) is 9.59 Å². The lowest BCUT2D eigenvalue weighted by atomic mass is 10.1. The smallest absolute Gasteiger partial charge is 0.269 e. The number of hydrazine groups is 1. The Bertz CT molecular complexity index is 472. The third-order valence-electron chi connectivity index (χ3n) is 3.09. The van der Waals surface area contributed by atoms with Crippen LogP contribution in [-0.2, 0) is 4.79 Å². The fourth-order valence-corrected chi connectivity index (χ4v) is 1.80. The van der Waals surface area contributed by atoms with Crippen molar-refractivity contribution < 1.29 is 9.59 Å². The normalized spacial score (nSPS) is 11.6. The van der Waals surface area contributed by atoms with Gasteiger partial charge in [0, 0.05) is 31.3 Å². The van der Waals surface area contributed by atoms with Gasteiger partial charge < -0.3 is 4.90 Å². The maximum atomic E-state index is 12.0. The fourth-order valence-electron chi connectivity index (χ4n) is 1.80. The monoisotopic (exact) mass is 277 g/mol. The van der Waals surface area contributed by atoms with E-state index in [1.54, 1.807) is 12.1 Å². The summed E-state index contributed by atoms with van der Waals surface area (Å²) in [5.74, 6) is -0.580. The summed E-state index contributed by atoms with van der Waals surface area (Å²) in [4.78, 5) is 25.6. The molecule has 110 valence electrons. The summed E-state index contributed by atoms with van der Waals surface area (Å²) in [5.41, 5.74) is 6.36. The van der Waals surface area contributed by atoms with Gasteiger partial charge in [0.25, 0.3) is 5.91 Å². The molecule has 1 aromatic carbocycles. The van der Waals surface area contributed by atoms with Crippen molar-refractivity contribution in [1.29, 1.82) is 0 Å². The molecule has 1 aromatic rings. The number of rotatable bonds is 5. The summed E-state index contributed by atoms with van der Waals surface area (Å²) in [5, 5.41) is 0. The minimum atomic E-state index is -0.314. The van der Waals surface area contributed by atoms with Gasteiger partial charge in [0.15, 0.2) is 0 Å². The molecule has 2 amide bonds. The summed E-state index contributed by atoms with van der Waals surface area (Å²) in [7, 11) is 3.82. The molecule has 2 N–H and O–H groups in total. The predicted molar refractivity (Wildman–Crippen MR) is 80.4 cm³/mol. The van der Waals surface area contributed by atoms with Crippen molar-refractivity contribution >= 4 is 17.5 Å². The number of amides is 2. The van der Waals surface area contributed by atoms with E-state index < -0.39 is 0 Å². The summed E-state index contributed by atoms with van der Waals surface area (Å²) in [6.45, 7) is 3.87. The van der Waals surface area contributed by atoms with Crippen LogP contribution in [0.4, 0.5) is 5.69 Å². The zero-order valence-electron chi connectivity index (χ0n) is 12.6. The van der Waals surface area contributed by atoms with Crippen LogP contribution in [0.25, 0.3) is 0 Å². The molecular weight excluding hydrogens is 254 g/mol. The average molecular weight is 277 g/mol. The van der Waals surface area contributed by atoms with Gasteiger partial charge in [0.2, 0.25) is 5.91 Å². The molecule has 20 heavy (non-hydrogen) atoms. The molecule has 1 unspecified atom stereocenters. The molecule has 0 heterocycles. The van der Waals surface area contributed by atoms with E-state index in [1.165, 1.54) is 0 Å². The highest BCUT2D eigenvalue weighted by Gasteiger charge is 2.13. The molecule has 0 bridgehead atoms. The van der Waals surface area contributed by atoms with Gasteiger partial charge in [-0.05, 0) is 24.6 Å². The zero-order valence-corrected chi connectivity index (χ0v) is 12.6. The van der Waals surface area contributed by atoms with Gasteiger partial charge in [-0.2, -0.15) is 0 Å². The molecule has 5 nitrogen and oxygen atoms in total. The zero-order chi connectivity index (χ0) is 15.1. The molecule has 1 atom stereocenters. The van der Waals surface area contributed by atoms with Gasteiger partial charge in [0.1, 0.15) is 0 Å². The van der Waals surface area contributed by atoms with Crippen LogP contribution in [0.15, 0.2) is 24.3 Å². The first kappa shape index (κ1) is 16.0. The number of nitrogens with one attached hydrogen (secondary N) is 2. The molecule has 1 rings (SSSR count). The van der Waals surface area contributed by atoms with Crippen molar-refractivity contribution in [2.45, 2.75) is 26.7 Å². The van der Waals surface area contributed by atoms with Crippen molar-refractivity contribution in [3.05, 3.63) is 29.8 Å². The summed E-state index contributed by atoms with van der Waals surface area (Å²) < 4.78 is 0. The molecular formula is C15H23N3O2. The molecule has 5 heteroatoms. The van der Waals surface area contributed by atoms with Crippen LogP contribution >= 0.6 is 0 Å². The van der Waals surface area contributed by atoms with Gasteiger partial charge >= 0.3 is 0 Å². The van der Waals surface area contributed by atoms with E-state index in [4.69, 9.17) is 0 Å². The molecule has 0 aromatic heterocycles. The predicted octanol–water partition coefficient (Wildman–Crippen LogP) is 1.95. The lowest BCUT2D eigenvalue weighted by molar-refractivity contribution is -0.125. The van der Waals surface area contributed by atoms with Gasteiger partial charge in [-0.25, -0.2) is 0 Å². The Morgan fingerprint density at radius 1 is 1.25 bits per heavy atom. The van der Waals surface area contributed by atoms with Crippen molar-refractivity contribution in [2.24, 2.45) is 5.92 Å². The van der Waals surface area contributed by atoms with E-state index in [0.717, 1.165) is 18.5 Å². The molecule has 0 aliphatic carbocycles. The first-order valence-electron chi connectivity index (χ1n) is 6.83. The molecule has 0 saturated heterocycles. The topological polar surface area (TPSA) is 61.4 Å². The van der Waals surface area contributed by atoms with Crippen LogP contribution in [0.3, 0.4) is 0 Å². The number of anilines is 1.